The largest absolute Gasteiger partial charge is 0.484 e. The van der Waals surface area contributed by atoms with E-state index in [4.69, 9.17) is 39.5 Å². The van der Waals surface area contributed by atoms with Gasteiger partial charge in [0.05, 0.1) is 0 Å². The van der Waals surface area contributed by atoms with E-state index in [1.54, 1.807) is 30.3 Å². The Hall–Kier alpha value is -1.95. The normalized spacial score (nSPS) is 11.7. The second-order valence-corrected chi connectivity index (χ2v) is 9.14. The molecule has 180 valence electrons. The van der Waals surface area contributed by atoms with E-state index in [1.807, 2.05) is 20.8 Å². The summed E-state index contributed by atoms with van der Waals surface area (Å²) in [5.41, 5.74) is 2.31. The summed E-state index contributed by atoms with van der Waals surface area (Å²) < 4.78 is 5.79. The minimum absolute atomic E-state index is 0.0963. The van der Waals surface area contributed by atoms with Gasteiger partial charge in [-0.25, -0.2) is 0 Å². The Morgan fingerprint density at radius 2 is 1.67 bits per heavy atom. The lowest BCUT2D eigenvalue weighted by molar-refractivity contribution is -0.143. The third-order valence-corrected chi connectivity index (χ3v) is 6.68. The van der Waals surface area contributed by atoms with Gasteiger partial charge in [-0.1, -0.05) is 61.1 Å². The predicted molar refractivity (Wildman–Crippen MR) is 135 cm³/mol. The molecule has 0 saturated carbocycles. The number of carbonyl (C=O) groups excluding carboxylic acids is 2. The lowest BCUT2D eigenvalue weighted by Gasteiger charge is -2.31. The number of unbranched alkanes of at least 4 members (excludes halogenated alkanes) is 1. The molecule has 1 N–H and O–H groups in total. The van der Waals surface area contributed by atoms with E-state index in [-0.39, 0.29) is 25.0 Å². The minimum atomic E-state index is -0.681. The molecule has 5 nitrogen and oxygen atoms in total. The van der Waals surface area contributed by atoms with Gasteiger partial charge < -0.3 is 15.0 Å². The van der Waals surface area contributed by atoms with Crippen LogP contribution in [0.5, 0.6) is 5.75 Å². The first-order valence-electron chi connectivity index (χ1n) is 11.1. The van der Waals surface area contributed by atoms with Gasteiger partial charge in [-0.2, -0.15) is 0 Å². The van der Waals surface area contributed by atoms with Gasteiger partial charge in [0, 0.05) is 33.7 Å². The van der Waals surface area contributed by atoms with Crippen LogP contribution in [0, 0.1) is 13.8 Å². The number of rotatable bonds is 11. The Labute approximate surface area is 211 Å². The van der Waals surface area contributed by atoms with Gasteiger partial charge in [0.15, 0.2) is 6.61 Å². The van der Waals surface area contributed by atoms with Gasteiger partial charge in [-0.3, -0.25) is 9.59 Å². The fourth-order valence-corrected chi connectivity index (χ4v) is 4.12. The van der Waals surface area contributed by atoms with Crippen LogP contribution in [0.3, 0.4) is 0 Å². The highest BCUT2D eigenvalue weighted by molar-refractivity contribution is 6.36. The quantitative estimate of drug-likeness (QED) is 0.355. The van der Waals surface area contributed by atoms with Crippen LogP contribution < -0.4 is 10.1 Å². The molecule has 33 heavy (non-hydrogen) atoms. The maximum Gasteiger partial charge on any atom is 0.261 e. The van der Waals surface area contributed by atoms with Crippen LogP contribution in [-0.4, -0.2) is 35.9 Å². The number of nitrogens with one attached hydrogen (secondary N) is 1. The molecule has 2 rings (SSSR count). The van der Waals surface area contributed by atoms with Gasteiger partial charge >= 0.3 is 0 Å². The van der Waals surface area contributed by atoms with Crippen molar-refractivity contribution in [1.29, 1.82) is 0 Å². The molecule has 0 aliphatic carbocycles. The number of amides is 2. The maximum absolute atomic E-state index is 13.3. The van der Waals surface area contributed by atoms with E-state index in [0.717, 1.165) is 24.0 Å². The molecule has 0 heterocycles. The van der Waals surface area contributed by atoms with E-state index in [1.165, 1.54) is 4.90 Å². The molecule has 0 saturated heterocycles. The molecular formula is C25H31Cl3N2O3. The van der Waals surface area contributed by atoms with Crippen LogP contribution in [0.25, 0.3) is 0 Å². The standard InChI is InChI=1S/C25H31Cl3N2O3/c1-5-7-11-29-25(32)22(6-2)30(14-19-20(26)9-8-10-21(19)27)23(31)15-33-18-12-16(3)24(28)17(4)13-18/h8-10,12-13,22H,5-7,11,14-15H2,1-4H3,(H,29,32). The van der Waals surface area contributed by atoms with Gasteiger partial charge in [0.2, 0.25) is 5.91 Å². The van der Waals surface area contributed by atoms with Crippen molar-refractivity contribution in [3.05, 3.63) is 62.1 Å². The lowest BCUT2D eigenvalue weighted by Crippen LogP contribution is -2.50. The summed E-state index contributed by atoms with van der Waals surface area (Å²) in [6, 6.07) is 8.05. The molecule has 0 aromatic heterocycles. The van der Waals surface area contributed by atoms with E-state index < -0.39 is 6.04 Å². The Bertz CT molecular complexity index is 938. The monoisotopic (exact) mass is 512 g/mol. The molecule has 2 aromatic rings. The summed E-state index contributed by atoms with van der Waals surface area (Å²) in [5.74, 6) is -0.00619. The van der Waals surface area contributed by atoms with Crippen molar-refractivity contribution in [2.75, 3.05) is 13.2 Å². The second-order valence-electron chi connectivity index (χ2n) is 7.95. The van der Waals surface area contributed by atoms with Crippen molar-refractivity contribution in [3.8, 4) is 5.75 Å². The first kappa shape index (κ1) is 27.3. The van der Waals surface area contributed by atoms with E-state index in [0.29, 0.717) is 39.3 Å². The van der Waals surface area contributed by atoms with Crippen LogP contribution in [0.2, 0.25) is 15.1 Å². The minimum Gasteiger partial charge on any atom is -0.484 e. The zero-order valence-corrected chi connectivity index (χ0v) is 21.8. The molecule has 0 spiro atoms. The summed E-state index contributed by atoms with van der Waals surface area (Å²) in [6.45, 7) is 8.09. The molecule has 0 bridgehead atoms. The van der Waals surface area contributed by atoms with Crippen LogP contribution in [0.1, 0.15) is 49.8 Å². The van der Waals surface area contributed by atoms with Gasteiger partial charge in [-0.15, -0.1) is 0 Å². The zero-order valence-electron chi connectivity index (χ0n) is 19.5. The molecule has 2 aromatic carbocycles. The molecule has 1 atom stereocenters. The molecule has 0 aliphatic rings. The first-order chi connectivity index (χ1) is 15.7. The number of hydrogen-bond donors (Lipinski definition) is 1. The molecule has 0 fully saturated rings. The fraction of sp³-hybridized carbons (Fsp3) is 0.440. The highest BCUT2D eigenvalue weighted by Crippen LogP contribution is 2.28. The SMILES string of the molecule is CCCCNC(=O)C(CC)N(Cc1c(Cl)cccc1Cl)C(=O)COc1cc(C)c(Cl)c(C)c1. The summed E-state index contributed by atoms with van der Waals surface area (Å²) in [4.78, 5) is 27.7. The van der Waals surface area contributed by atoms with Crippen molar-refractivity contribution in [3.63, 3.8) is 0 Å². The smallest absolute Gasteiger partial charge is 0.261 e. The second kappa shape index (κ2) is 13.1. The Morgan fingerprint density at radius 1 is 1.06 bits per heavy atom. The van der Waals surface area contributed by atoms with Crippen molar-refractivity contribution < 1.29 is 14.3 Å². The van der Waals surface area contributed by atoms with Crippen LogP contribution in [0.15, 0.2) is 30.3 Å². The highest BCUT2D eigenvalue weighted by atomic mass is 35.5. The number of hydrogen-bond acceptors (Lipinski definition) is 3. The highest BCUT2D eigenvalue weighted by Gasteiger charge is 2.30. The predicted octanol–water partition coefficient (Wildman–Crippen LogP) is 6.37. The Kier molecular flexibility index (Phi) is 10.8. The van der Waals surface area contributed by atoms with Crippen molar-refractivity contribution in [1.82, 2.24) is 10.2 Å². The van der Waals surface area contributed by atoms with Crippen LogP contribution in [-0.2, 0) is 16.1 Å². The Morgan fingerprint density at radius 3 is 2.21 bits per heavy atom. The van der Waals surface area contributed by atoms with Crippen molar-refractivity contribution in [2.45, 2.75) is 59.5 Å². The third kappa shape index (κ3) is 7.53. The van der Waals surface area contributed by atoms with Gasteiger partial charge in [0.25, 0.3) is 5.91 Å². The summed E-state index contributed by atoms with van der Waals surface area (Å²) in [6.07, 6.45) is 2.26. The van der Waals surface area contributed by atoms with Gasteiger partial charge in [-0.05, 0) is 62.1 Å². The molecule has 1 unspecified atom stereocenters. The molecular weight excluding hydrogens is 483 g/mol. The number of aryl methyl sites for hydroxylation is 2. The molecule has 8 heteroatoms. The van der Waals surface area contributed by atoms with Crippen LogP contribution >= 0.6 is 34.8 Å². The topological polar surface area (TPSA) is 58.6 Å². The number of halogens is 3. The van der Waals surface area contributed by atoms with Gasteiger partial charge in [0.1, 0.15) is 11.8 Å². The number of carbonyl (C=O) groups is 2. The van der Waals surface area contributed by atoms with E-state index in [9.17, 15) is 9.59 Å². The summed E-state index contributed by atoms with van der Waals surface area (Å²) >= 11 is 19.0. The average Bonchev–Trinajstić information content (AvgIpc) is 2.77. The zero-order chi connectivity index (χ0) is 24.5. The maximum atomic E-state index is 13.3. The number of ether oxygens (including phenoxy) is 1. The Balaban J connectivity index is 2.28. The molecule has 0 radical (unpaired) electrons. The van der Waals surface area contributed by atoms with Crippen molar-refractivity contribution >= 4 is 46.6 Å². The lowest BCUT2D eigenvalue weighted by atomic mass is 10.1. The van der Waals surface area contributed by atoms with Crippen LogP contribution in [0.4, 0.5) is 0 Å². The van der Waals surface area contributed by atoms with E-state index in [2.05, 4.69) is 12.2 Å². The van der Waals surface area contributed by atoms with Crippen molar-refractivity contribution in [2.24, 2.45) is 0 Å². The molecule has 0 aliphatic heterocycles. The number of nitrogens with zero attached hydrogens (tertiary/aromatic N) is 1. The average molecular weight is 514 g/mol. The summed E-state index contributed by atoms with van der Waals surface area (Å²) in [7, 11) is 0. The van der Waals surface area contributed by atoms with E-state index >= 15 is 0 Å². The first-order valence-corrected chi connectivity index (χ1v) is 12.2. The molecule has 2 amide bonds. The third-order valence-electron chi connectivity index (χ3n) is 5.38. The summed E-state index contributed by atoms with van der Waals surface area (Å²) in [5, 5.41) is 4.46. The fourth-order valence-electron chi connectivity index (χ4n) is 3.50. The number of benzene rings is 2.